The summed E-state index contributed by atoms with van der Waals surface area (Å²) in [4.78, 5) is 24.2. The van der Waals surface area contributed by atoms with Gasteiger partial charge in [0, 0.05) is 11.8 Å². The molecule has 174 valence electrons. The van der Waals surface area contributed by atoms with E-state index in [-0.39, 0.29) is 5.92 Å². The van der Waals surface area contributed by atoms with E-state index in [4.69, 9.17) is 0 Å². The maximum atomic E-state index is 12.9. The molecule has 0 aromatic rings. The van der Waals surface area contributed by atoms with Crippen molar-refractivity contribution in [1.29, 1.82) is 0 Å². The number of hydrogen-bond donors (Lipinski definition) is 0. The molecule has 2 nitrogen and oxygen atoms in total. The summed E-state index contributed by atoms with van der Waals surface area (Å²) in [6, 6.07) is 0. The molecular formula is C31H38O2. The predicted octanol–water partition coefficient (Wildman–Crippen LogP) is 6.83. The minimum atomic E-state index is 0.264. The Morgan fingerprint density at radius 2 is 1.67 bits per heavy atom. The van der Waals surface area contributed by atoms with Gasteiger partial charge in [-0.3, -0.25) is 9.59 Å². The lowest BCUT2D eigenvalue weighted by Crippen LogP contribution is -2.21. The van der Waals surface area contributed by atoms with Crippen LogP contribution in [0.5, 0.6) is 0 Å². The third-order valence-corrected chi connectivity index (χ3v) is 9.11. The van der Waals surface area contributed by atoms with Crippen molar-refractivity contribution in [2.45, 2.75) is 51.9 Å². The van der Waals surface area contributed by atoms with E-state index in [1.807, 2.05) is 6.08 Å². The van der Waals surface area contributed by atoms with Crippen molar-refractivity contribution >= 4 is 11.6 Å². The first-order valence-corrected chi connectivity index (χ1v) is 13.2. The summed E-state index contributed by atoms with van der Waals surface area (Å²) in [5, 5.41) is 0. The van der Waals surface area contributed by atoms with Gasteiger partial charge in [-0.2, -0.15) is 0 Å². The summed E-state index contributed by atoms with van der Waals surface area (Å²) in [6.45, 7) is 6.14. The Morgan fingerprint density at radius 1 is 0.939 bits per heavy atom. The second-order valence-electron chi connectivity index (χ2n) is 10.9. The van der Waals surface area contributed by atoms with E-state index >= 15 is 0 Å². The Morgan fingerprint density at radius 3 is 2.42 bits per heavy atom. The van der Waals surface area contributed by atoms with Crippen molar-refractivity contribution in [1.82, 2.24) is 0 Å². The Labute approximate surface area is 199 Å². The summed E-state index contributed by atoms with van der Waals surface area (Å²) in [6.07, 6.45) is 29.8. The van der Waals surface area contributed by atoms with Crippen LogP contribution in [-0.2, 0) is 9.59 Å². The lowest BCUT2D eigenvalue weighted by Gasteiger charge is -2.23. The van der Waals surface area contributed by atoms with Crippen LogP contribution in [0.2, 0.25) is 0 Å². The number of hydrogen-bond acceptors (Lipinski definition) is 2. The van der Waals surface area contributed by atoms with Crippen molar-refractivity contribution in [3.05, 3.63) is 72.9 Å². The van der Waals surface area contributed by atoms with E-state index in [9.17, 15) is 9.59 Å². The van der Waals surface area contributed by atoms with E-state index in [0.717, 1.165) is 18.4 Å². The number of carbonyl (C=O) groups excluding carboxylic acids is 2. The molecule has 0 radical (unpaired) electrons. The molecule has 6 rings (SSSR count). The van der Waals surface area contributed by atoms with Crippen LogP contribution in [0.15, 0.2) is 72.9 Å². The van der Waals surface area contributed by atoms with Crippen molar-refractivity contribution in [3.8, 4) is 0 Å². The standard InChI is InChI=1S/C21H28O.C10H10O/c1-3-5-6-7-8-9-11-18-17(10-4-2)19-15-12-13-16(14-15)20(19)21(18)22;11-9-4-3-8-6-1-2-7(5-6)10(8)9/h4,8-9,11-13,15-17,19-20H,2-3,5-7,10,14H2,1H3;1-4,6-8,10H,5H2/b9-8+,18-11+;/t15-,16+,17-,19+,20+;6-,7+,8-,10+/m00/s1. The van der Waals surface area contributed by atoms with Crippen molar-refractivity contribution in [2.75, 3.05) is 0 Å². The second-order valence-corrected chi connectivity index (χ2v) is 10.9. The number of rotatable bonds is 7. The number of ketones is 2. The molecule has 0 aromatic carbocycles. The maximum Gasteiger partial charge on any atom is 0.163 e. The van der Waals surface area contributed by atoms with Gasteiger partial charge >= 0.3 is 0 Å². The smallest absolute Gasteiger partial charge is 0.163 e. The van der Waals surface area contributed by atoms with Crippen LogP contribution in [0.1, 0.15) is 51.9 Å². The highest BCUT2D eigenvalue weighted by molar-refractivity contribution is 6.01. The monoisotopic (exact) mass is 442 g/mol. The number of Topliss-reactive ketones (excluding diaryl/α,β-unsaturated/α-hetero) is 1. The Balaban J connectivity index is 0.000000171. The summed E-state index contributed by atoms with van der Waals surface area (Å²) in [7, 11) is 0. The van der Waals surface area contributed by atoms with E-state index in [2.05, 4.69) is 62.1 Å². The van der Waals surface area contributed by atoms with Gasteiger partial charge in [0.15, 0.2) is 11.6 Å². The van der Waals surface area contributed by atoms with Crippen LogP contribution in [0.25, 0.3) is 0 Å². The van der Waals surface area contributed by atoms with Gasteiger partial charge in [0.2, 0.25) is 0 Å². The molecule has 6 aliphatic carbocycles. The molecule has 3 saturated carbocycles. The normalized spacial score (nSPS) is 42.0. The van der Waals surface area contributed by atoms with Gasteiger partial charge in [0.1, 0.15) is 0 Å². The number of carbonyl (C=O) groups is 2. The maximum absolute atomic E-state index is 12.9. The summed E-state index contributed by atoms with van der Waals surface area (Å²) < 4.78 is 0. The van der Waals surface area contributed by atoms with Gasteiger partial charge in [-0.15, -0.1) is 6.58 Å². The third-order valence-electron chi connectivity index (χ3n) is 9.11. The summed E-state index contributed by atoms with van der Waals surface area (Å²) in [5.74, 6) is 5.30. The highest BCUT2D eigenvalue weighted by atomic mass is 16.1. The zero-order valence-corrected chi connectivity index (χ0v) is 19.9. The minimum Gasteiger partial charge on any atom is -0.295 e. The molecule has 33 heavy (non-hydrogen) atoms. The molecule has 0 aromatic heterocycles. The highest BCUT2D eigenvalue weighted by Crippen LogP contribution is 2.58. The Bertz CT molecular complexity index is 944. The summed E-state index contributed by atoms with van der Waals surface area (Å²) >= 11 is 0. The van der Waals surface area contributed by atoms with E-state index in [1.54, 1.807) is 6.08 Å². The largest absolute Gasteiger partial charge is 0.295 e. The highest BCUT2D eigenvalue weighted by Gasteiger charge is 2.57. The molecule has 0 spiro atoms. The molecule has 9 atom stereocenters. The fourth-order valence-corrected chi connectivity index (χ4v) is 7.65. The van der Waals surface area contributed by atoms with Crippen LogP contribution in [-0.4, -0.2) is 11.6 Å². The van der Waals surface area contributed by atoms with Gasteiger partial charge in [-0.25, -0.2) is 0 Å². The Kier molecular flexibility index (Phi) is 6.54. The molecular weight excluding hydrogens is 404 g/mol. The number of allylic oxidation sites excluding steroid dienone is 11. The number of fused-ring (bicyclic) bond motifs is 10. The predicted molar refractivity (Wildman–Crippen MR) is 134 cm³/mol. The SMILES string of the molecule is C=CC[C@H]1/C(=C\C=C\CCCCC)C(=O)[C@H]2[C@@H]1[C@H]1C=C[C@@H]2C1.O=C1C=C[C@@H]2[C@H]1[C@@H]1C=C[C@H]2C1. The van der Waals surface area contributed by atoms with Crippen molar-refractivity contribution < 1.29 is 9.59 Å². The zero-order chi connectivity index (χ0) is 22.9. The zero-order valence-electron chi connectivity index (χ0n) is 19.9. The topological polar surface area (TPSA) is 34.1 Å². The van der Waals surface area contributed by atoms with Crippen LogP contribution in [0.3, 0.4) is 0 Å². The molecule has 0 N–H and O–H groups in total. The van der Waals surface area contributed by atoms with Gasteiger partial charge < -0.3 is 0 Å². The fourth-order valence-electron chi connectivity index (χ4n) is 7.65. The lowest BCUT2D eigenvalue weighted by atomic mass is 9.79. The van der Waals surface area contributed by atoms with Gasteiger partial charge in [-0.1, -0.05) is 74.4 Å². The Hall–Kier alpha value is -2.22. The van der Waals surface area contributed by atoms with E-state index in [0.29, 0.717) is 58.9 Å². The van der Waals surface area contributed by atoms with Crippen LogP contribution in [0.4, 0.5) is 0 Å². The molecule has 4 bridgehead atoms. The molecule has 0 unspecified atom stereocenters. The summed E-state index contributed by atoms with van der Waals surface area (Å²) in [5.41, 5.74) is 1.07. The van der Waals surface area contributed by atoms with Crippen molar-refractivity contribution in [3.63, 3.8) is 0 Å². The second kappa shape index (κ2) is 9.57. The molecule has 0 amide bonds. The third kappa shape index (κ3) is 4.00. The van der Waals surface area contributed by atoms with E-state index in [1.165, 1.54) is 32.1 Å². The molecule has 2 heteroatoms. The molecule has 3 fully saturated rings. The first-order valence-electron chi connectivity index (χ1n) is 13.2. The molecule has 0 aliphatic heterocycles. The average molecular weight is 443 g/mol. The van der Waals surface area contributed by atoms with Gasteiger partial charge in [-0.05, 0) is 85.2 Å². The van der Waals surface area contributed by atoms with Crippen LogP contribution in [0, 0.1) is 53.3 Å². The minimum absolute atomic E-state index is 0.264. The average Bonchev–Trinajstić information content (AvgIpc) is 3.64. The molecule has 0 saturated heterocycles. The van der Waals surface area contributed by atoms with Crippen molar-refractivity contribution in [2.24, 2.45) is 53.3 Å². The first kappa shape index (κ1) is 22.6. The fraction of sp³-hybridized carbons (Fsp3) is 0.548. The van der Waals surface area contributed by atoms with Crippen LogP contribution >= 0.6 is 0 Å². The lowest BCUT2D eigenvalue weighted by molar-refractivity contribution is -0.119. The van der Waals surface area contributed by atoms with E-state index < -0.39 is 0 Å². The number of unbranched alkanes of at least 4 members (excludes halogenated alkanes) is 3. The van der Waals surface area contributed by atoms with Gasteiger partial charge in [0.25, 0.3) is 0 Å². The van der Waals surface area contributed by atoms with Crippen LogP contribution < -0.4 is 0 Å². The first-order chi connectivity index (χ1) is 16.1. The quantitative estimate of drug-likeness (QED) is 0.246. The molecule has 0 heterocycles. The van der Waals surface area contributed by atoms with Gasteiger partial charge in [0.05, 0.1) is 0 Å². The molecule has 6 aliphatic rings.